The van der Waals surface area contributed by atoms with Crippen LogP contribution in [-0.4, -0.2) is 27.7 Å². The fourth-order valence-corrected chi connectivity index (χ4v) is 4.43. The quantitative estimate of drug-likeness (QED) is 0.814. The van der Waals surface area contributed by atoms with Gasteiger partial charge in [-0.2, -0.15) is 0 Å². The number of aliphatic hydroxyl groups is 1. The summed E-state index contributed by atoms with van der Waals surface area (Å²) in [6.45, 7) is 7.98. The largest absolute Gasteiger partial charge is 0.391 e. The average molecular weight is 309 g/mol. The first-order valence-corrected chi connectivity index (χ1v) is 8.96. The molecule has 1 aromatic rings. The summed E-state index contributed by atoms with van der Waals surface area (Å²) < 4.78 is 17.6. The SMILES string of the molecule is CN=S(=O)(c1ccccc1)[C@H](/C=C\C(C)C)[C@H](O)C(C)C. The van der Waals surface area contributed by atoms with Gasteiger partial charge in [0.25, 0.3) is 0 Å². The molecule has 21 heavy (non-hydrogen) atoms. The van der Waals surface area contributed by atoms with E-state index in [0.29, 0.717) is 10.8 Å². The lowest BCUT2D eigenvalue weighted by molar-refractivity contribution is 0.131. The van der Waals surface area contributed by atoms with E-state index in [1.807, 2.05) is 56.3 Å². The van der Waals surface area contributed by atoms with Crippen LogP contribution >= 0.6 is 0 Å². The smallest absolute Gasteiger partial charge is 0.0916 e. The zero-order chi connectivity index (χ0) is 16.0. The molecule has 0 amide bonds. The molecule has 1 aromatic carbocycles. The first-order chi connectivity index (χ1) is 9.82. The first kappa shape index (κ1) is 17.9. The van der Waals surface area contributed by atoms with E-state index in [-0.39, 0.29) is 5.92 Å². The van der Waals surface area contributed by atoms with Gasteiger partial charge < -0.3 is 5.11 Å². The summed E-state index contributed by atoms with van der Waals surface area (Å²) in [5, 5.41) is 10.0. The topological polar surface area (TPSA) is 49.7 Å². The van der Waals surface area contributed by atoms with Gasteiger partial charge in [-0.05, 0) is 24.0 Å². The Labute approximate surface area is 129 Å². The molecule has 0 heterocycles. The number of aliphatic hydroxyl groups excluding tert-OH is 1. The molecule has 3 nitrogen and oxygen atoms in total. The van der Waals surface area contributed by atoms with E-state index in [4.69, 9.17) is 0 Å². The number of allylic oxidation sites excluding steroid dienone is 1. The zero-order valence-electron chi connectivity index (χ0n) is 13.6. The minimum absolute atomic E-state index is 0.0121. The van der Waals surface area contributed by atoms with Gasteiger partial charge in [0.15, 0.2) is 0 Å². The molecule has 0 saturated carbocycles. The van der Waals surface area contributed by atoms with Crippen LogP contribution in [0.1, 0.15) is 27.7 Å². The van der Waals surface area contributed by atoms with Crippen molar-refractivity contribution in [3.8, 4) is 0 Å². The van der Waals surface area contributed by atoms with E-state index < -0.39 is 21.1 Å². The molecular weight excluding hydrogens is 282 g/mol. The highest BCUT2D eigenvalue weighted by Crippen LogP contribution is 2.25. The third-order valence-corrected chi connectivity index (χ3v) is 6.09. The highest BCUT2D eigenvalue weighted by atomic mass is 32.2. The van der Waals surface area contributed by atoms with Gasteiger partial charge in [-0.15, -0.1) is 0 Å². The van der Waals surface area contributed by atoms with Crippen molar-refractivity contribution in [1.82, 2.24) is 0 Å². The van der Waals surface area contributed by atoms with Crippen LogP contribution in [0.2, 0.25) is 0 Å². The van der Waals surface area contributed by atoms with Gasteiger partial charge in [0.1, 0.15) is 0 Å². The third kappa shape index (κ3) is 4.42. The second kappa shape index (κ2) is 7.76. The molecule has 0 aromatic heterocycles. The summed E-state index contributed by atoms with van der Waals surface area (Å²) in [4.78, 5) is 0.672. The van der Waals surface area contributed by atoms with Crippen LogP contribution < -0.4 is 0 Å². The van der Waals surface area contributed by atoms with Crippen molar-refractivity contribution >= 4 is 9.73 Å². The molecule has 4 heteroatoms. The summed E-state index contributed by atoms with van der Waals surface area (Å²) >= 11 is 0. The Morgan fingerprint density at radius 3 is 2.10 bits per heavy atom. The van der Waals surface area contributed by atoms with Crippen molar-refractivity contribution in [1.29, 1.82) is 0 Å². The number of benzene rings is 1. The molecule has 0 bridgehead atoms. The standard InChI is InChI=1S/C17H27NO2S/c1-13(2)11-12-16(17(19)14(3)4)21(20,18-5)15-9-7-6-8-10-15/h6-14,16-17,19H,1-5H3/b12-11-/t16-,17-,21?/m1/s1. The number of nitrogens with zero attached hydrogens (tertiary/aromatic N) is 1. The molecule has 1 N–H and O–H groups in total. The monoisotopic (exact) mass is 309 g/mol. The van der Waals surface area contributed by atoms with Gasteiger partial charge in [-0.3, -0.25) is 0 Å². The fourth-order valence-electron chi connectivity index (χ4n) is 2.12. The van der Waals surface area contributed by atoms with Crippen LogP contribution in [0, 0.1) is 11.8 Å². The van der Waals surface area contributed by atoms with E-state index >= 15 is 0 Å². The van der Waals surface area contributed by atoms with Crippen molar-refractivity contribution in [3.05, 3.63) is 42.5 Å². The minimum atomic E-state index is -2.70. The Morgan fingerprint density at radius 2 is 1.67 bits per heavy atom. The van der Waals surface area contributed by atoms with Crippen LogP contribution in [-0.2, 0) is 9.73 Å². The van der Waals surface area contributed by atoms with Gasteiger partial charge in [0, 0.05) is 11.9 Å². The maximum atomic E-state index is 13.4. The molecule has 0 spiro atoms. The average Bonchev–Trinajstić information content (AvgIpc) is 2.47. The molecule has 0 fully saturated rings. The highest BCUT2D eigenvalue weighted by molar-refractivity contribution is 7.94. The van der Waals surface area contributed by atoms with E-state index in [2.05, 4.69) is 18.2 Å². The summed E-state index contributed by atoms with van der Waals surface area (Å²) in [5.41, 5.74) is 0. The molecule has 0 radical (unpaired) electrons. The molecule has 0 saturated heterocycles. The number of hydrogen-bond donors (Lipinski definition) is 1. The van der Waals surface area contributed by atoms with E-state index in [0.717, 1.165) is 0 Å². The van der Waals surface area contributed by atoms with E-state index in [9.17, 15) is 9.32 Å². The molecule has 1 rings (SSSR count). The van der Waals surface area contributed by atoms with Crippen LogP contribution in [0.5, 0.6) is 0 Å². The zero-order valence-corrected chi connectivity index (χ0v) is 14.4. The second-order valence-electron chi connectivity index (χ2n) is 5.89. The third-order valence-electron chi connectivity index (χ3n) is 3.43. The van der Waals surface area contributed by atoms with Gasteiger partial charge in [0.05, 0.1) is 21.1 Å². The summed E-state index contributed by atoms with van der Waals surface area (Å²) in [6.07, 6.45) is 3.17. The van der Waals surface area contributed by atoms with Crippen molar-refractivity contribution < 1.29 is 9.32 Å². The van der Waals surface area contributed by atoms with Crippen molar-refractivity contribution in [2.45, 2.75) is 43.9 Å². The molecular formula is C17H27NO2S. The lowest BCUT2D eigenvalue weighted by Crippen LogP contribution is -2.36. The molecule has 0 aliphatic rings. The molecule has 0 aliphatic heterocycles. The molecule has 1 unspecified atom stereocenters. The maximum Gasteiger partial charge on any atom is 0.0916 e. The van der Waals surface area contributed by atoms with Crippen molar-refractivity contribution in [2.75, 3.05) is 7.05 Å². The molecule has 0 aliphatic carbocycles. The molecule has 118 valence electrons. The lowest BCUT2D eigenvalue weighted by atomic mass is 10.0. The predicted molar refractivity (Wildman–Crippen MR) is 89.8 cm³/mol. The Morgan fingerprint density at radius 1 is 1.10 bits per heavy atom. The highest BCUT2D eigenvalue weighted by Gasteiger charge is 2.31. The van der Waals surface area contributed by atoms with Gasteiger partial charge in [0.2, 0.25) is 0 Å². The van der Waals surface area contributed by atoms with Crippen LogP contribution in [0.4, 0.5) is 0 Å². The van der Waals surface area contributed by atoms with Crippen LogP contribution in [0.3, 0.4) is 0 Å². The Bertz CT molecular complexity index is 570. The molecule has 3 atom stereocenters. The lowest BCUT2D eigenvalue weighted by Gasteiger charge is -2.26. The summed E-state index contributed by atoms with van der Waals surface area (Å²) in [6, 6.07) is 9.23. The van der Waals surface area contributed by atoms with Crippen molar-refractivity contribution in [2.24, 2.45) is 16.2 Å². The summed E-state index contributed by atoms with van der Waals surface area (Å²) in [7, 11) is -1.13. The minimum Gasteiger partial charge on any atom is -0.391 e. The van der Waals surface area contributed by atoms with Crippen LogP contribution in [0.15, 0.2) is 51.7 Å². The van der Waals surface area contributed by atoms with Crippen LogP contribution in [0.25, 0.3) is 0 Å². The number of hydrogen-bond acceptors (Lipinski definition) is 3. The van der Waals surface area contributed by atoms with Gasteiger partial charge in [-0.25, -0.2) is 8.57 Å². The predicted octanol–water partition coefficient (Wildman–Crippen LogP) is 3.74. The fraction of sp³-hybridized carbons (Fsp3) is 0.529. The second-order valence-corrected chi connectivity index (χ2v) is 8.41. The van der Waals surface area contributed by atoms with Gasteiger partial charge in [-0.1, -0.05) is 58.0 Å². The first-order valence-electron chi connectivity index (χ1n) is 7.38. The Balaban J connectivity index is 3.38. The Hall–Kier alpha value is -1.13. The van der Waals surface area contributed by atoms with E-state index in [1.165, 1.54) is 0 Å². The maximum absolute atomic E-state index is 13.4. The van der Waals surface area contributed by atoms with E-state index in [1.54, 1.807) is 7.05 Å². The Kier molecular flexibility index (Phi) is 6.62. The van der Waals surface area contributed by atoms with Crippen molar-refractivity contribution in [3.63, 3.8) is 0 Å². The number of rotatable bonds is 6. The normalized spacial score (nSPS) is 17.9. The summed E-state index contributed by atoms with van der Waals surface area (Å²) in [5.74, 6) is 0.348. The van der Waals surface area contributed by atoms with Gasteiger partial charge >= 0.3 is 0 Å².